The highest BCUT2D eigenvalue weighted by molar-refractivity contribution is 8.34. The van der Waals surface area contributed by atoms with Gasteiger partial charge in [-0.05, 0) is 36.0 Å². The van der Waals surface area contributed by atoms with Gasteiger partial charge < -0.3 is 5.32 Å². The summed E-state index contributed by atoms with van der Waals surface area (Å²) in [5.41, 5.74) is 0.512. The van der Waals surface area contributed by atoms with Crippen molar-refractivity contribution in [2.75, 3.05) is 11.1 Å². The van der Waals surface area contributed by atoms with E-state index in [1.54, 1.807) is 24.3 Å². The van der Waals surface area contributed by atoms with E-state index in [0.717, 1.165) is 11.8 Å². The lowest BCUT2D eigenvalue weighted by atomic mass is 10.2. The van der Waals surface area contributed by atoms with E-state index in [1.807, 2.05) is 6.07 Å². The second kappa shape index (κ2) is 6.15. The molecule has 1 aliphatic rings. The topological polar surface area (TPSA) is 70.0 Å². The van der Waals surface area contributed by atoms with Gasteiger partial charge in [-0.2, -0.15) is 5.26 Å². The van der Waals surface area contributed by atoms with Crippen LogP contribution < -0.4 is 5.32 Å². The third kappa shape index (κ3) is 3.53. The smallest absolute Gasteiger partial charge is 0.268 e. The number of anilines is 1. The fourth-order valence-electron chi connectivity index (χ4n) is 1.33. The van der Waals surface area contributed by atoms with E-state index in [1.165, 1.54) is 11.8 Å². The predicted octanol–water partition coefficient (Wildman–Crippen LogP) is 3.02. The standard InChI is InChI=1S/C12H7ClN2O2S2/c13-7-1-3-8(4-2-7)15-11(17)9(5-14)12-18-6-10(16)19-12/h1-4H,6H2,(H,15,17)/b12-9-. The highest BCUT2D eigenvalue weighted by atomic mass is 35.5. The zero-order valence-electron chi connectivity index (χ0n) is 9.47. The molecule has 19 heavy (non-hydrogen) atoms. The molecular weight excluding hydrogens is 304 g/mol. The molecule has 1 heterocycles. The Kier molecular flexibility index (Phi) is 4.53. The Balaban J connectivity index is 2.17. The molecule has 4 nitrogen and oxygen atoms in total. The van der Waals surface area contributed by atoms with Gasteiger partial charge in [0.1, 0.15) is 11.6 Å². The lowest BCUT2D eigenvalue weighted by Crippen LogP contribution is -2.14. The molecule has 0 aromatic heterocycles. The minimum atomic E-state index is -0.519. The Hall–Kier alpha value is -1.42. The first kappa shape index (κ1) is 14.0. The van der Waals surface area contributed by atoms with E-state index in [0.29, 0.717) is 20.7 Å². The highest BCUT2D eigenvalue weighted by Gasteiger charge is 2.25. The van der Waals surface area contributed by atoms with Gasteiger partial charge in [-0.15, -0.1) is 11.8 Å². The summed E-state index contributed by atoms with van der Waals surface area (Å²) >= 11 is 7.89. The number of halogens is 1. The second-order valence-electron chi connectivity index (χ2n) is 3.50. The largest absolute Gasteiger partial charge is 0.321 e. The molecule has 2 rings (SSSR count). The van der Waals surface area contributed by atoms with Gasteiger partial charge in [0.05, 0.1) is 9.99 Å². The Morgan fingerprint density at radius 3 is 2.58 bits per heavy atom. The number of nitrogens with zero attached hydrogens (tertiary/aromatic N) is 1. The minimum Gasteiger partial charge on any atom is -0.321 e. The molecule has 1 aromatic rings. The van der Waals surface area contributed by atoms with E-state index in [2.05, 4.69) is 5.32 Å². The number of carbonyl (C=O) groups is 2. The average molecular weight is 311 g/mol. The first-order chi connectivity index (χ1) is 9.10. The molecule has 1 saturated heterocycles. The SMILES string of the molecule is N#C/C(C(=O)Nc1ccc(Cl)cc1)=C1\SCC(=O)S1. The van der Waals surface area contributed by atoms with Gasteiger partial charge in [0, 0.05) is 10.7 Å². The number of nitriles is 1. The third-order valence-corrected chi connectivity index (χ3v) is 4.85. The molecule has 0 aliphatic carbocycles. The van der Waals surface area contributed by atoms with Crippen LogP contribution in [0.3, 0.4) is 0 Å². The molecule has 0 radical (unpaired) electrons. The fraction of sp³-hybridized carbons (Fsp3) is 0.0833. The molecule has 0 bridgehead atoms. The normalized spacial score (nSPS) is 16.9. The maximum absolute atomic E-state index is 12.0. The molecule has 1 amide bonds. The van der Waals surface area contributed by atoms with Crippen LogP contribution in [-0.2, 0) is 9.59 Å². The number of thioether (sulfide) groups is 2. The van der Waals surface area contributed by atoms with Crippen molar-refractivity contribution in [2.24, 2.45) is 0 Å². The van der Waals surface area contributed by atoms with E-state index < -0.39 is 5.91 Å². The van der Waals surface area contributed by atoms with Gasteiger partial charge >= 0.3 is 0 Å². The molecule has 1 aliphatic heterocycles. The van der Waals surface area contributed by atoms with Gasteiger partial charge in [-0.1, -0.05) is 11.6 Å². The van der Waals surface area contributed by atoms with E-state index in [-0.39, 0.29) is 10.7 Å². The van der Waals surface area contributed by atoms with Crippen molar-refractivity contribution in [3.63, 3.8) is 0 Å². The molecule has 0 unspecified atom stereocenters. The summed E-state index contributed by atoms with van der Waals surface area (Å²) in [6.45, 7) is 0. The zero-order valence-corrected chi connectivity index (χ0v) is 11.9. The van der Waals surface area contributed by atoms with Crippen LogP contribution in [0.15, 0.2) is 34.1 Å². The molecule has 0 spiro atoms. The Morgan fingerprint density at radius 2 is 2.05 bits per heavy atom. The third-order valence-electron chi connectivity index (χ3n) is 2.17. The quantitative estimate of drug-likeness (QED) is 0.671. The number of benzene rings is 1. The number of rotatable bonds is 2. The molecule has 1 N–H and O–H groups in total. The monoisotopic (exact) mass is 310 g/mol. The van der Waals surface area contributed by atoms with Crippen molar-refractivity contribution < 1.29 is 9.59 Å². The van der Waals surface area contributed by atoms with Crippen molar-refractivity contribution in [3.05, 3.63) is 39.1 Å². The fourth-order valence-corrected chi connectivity index (χ4v) is 3.53. The van der Waals surface area contributed by atoms with Crippen LogP contribution in [0.5, 0.6) is 0 Å². The van der Waals surface area contributed by atoms with Crippen LogP contribution in [0, 0.1) is 11.3 Å². The van der Waals surface area contributed by atoms with Crippen LogP contribution in [0.2, 0.25) is 5.02 Å². The molecule has 1 aromatic carbocycles. The van der Waals surface area contributed by atoms with E-state index in [4.69, 9.17) is 16.9 Å². The Bertz CT molecular complexity index is 605. The van der Waals surface area contributed by atoms with Crippen molar-refractivity contribution in [1.29, 1.82) is 5.26 Å². The first-order valence-electron chi connectivity index (χ1n) is 5.15. The van der Waals surface area contributed by atoms with Crippen molar-refractivity contribution in [2.45, 2.75) is 0 Å². The predicted molar refractivity (Wildman–Crippen MR) is 77.8 cm³/mol. The number of carbonyl (C=O) groups excluding carboxylic acids is 2. The highest BCUT2D eigenvalue weighted by Crippen LogP contribution is 2.39. The summed E-state index contributed by atoms with van der Waals surface area (Å²) in [6, 6.07) is 8.40. The summed E-state index contributed by atoms with van der Waals surface area (Å²) in [4.78, 5) is 23.1. The van der Waals surface area contributed by atoms with Gasteiger partial charge in [0.15, 0.2) is 0 Å². The van der Waals surface area contributed by atoms with Crippen LogP contribution in [0.25, 0.3) is 0 Å². The lowest BCUT2D eigenvalue weighted by molar-refractivity contribution is -0.112. The summed E-state index contributed by atoms with van der Waals surface area (Å²) < 4.78 is 0.457. The minimum absolute atomic E-state index is 0.0317. The number of amides is 1. The van der Waals surface area contributed by atoms with Crippen LogP contribution in [-0.4, -0.2) is 16.8 Å². The van der Waals surface area contributed by atoms with Gasteiger partial charge in [-0.3, -0.25) is 9.59 Å². The lowest BCUT2D eigenvalue weighted by Gasteiger charge is -2.05. The van der Waals surface area contributed by atoms with Gasteiger partial charge in [0.2, 0.25) is 5.12 Å². The summed E-state index contributed by atoms with van der Waals surface area (Å²) in [7, 11) is 0. The van der Waals surface area contributed by atoms with Gasteiger partial charge in [-0.25, -0.2) is 0 Å². The Labute approximate surface area is 123 Å². The Morgan fingerprint density at radius 1 is 1.37 bits per heavy atom. The molecular formula is C12H7ClN2O2S2. The van der Waals surface area contributed by atoms with Crippen molar-refractivity contribution in [3.8, 4) is 6.07 Å². The number of hydrogen-bond donors (Lipinski definition) is 1. The molecule has 0 atom stereocenters. The molecule has 0 saturated carbocycles. The van der Waals surface area contributed by atoms with Crippen molar-refractivity contribution in [1.82, 2.24) is 0 Å². The maximum Gasteiger partial charge on any atom is 0.268 e. The average Bonchev–Trinajstić information content (AvgIpc) is 2.80. The summed E-state index contributed by atoms with van der Waals surface area (Å²) in [5, 5.41) is 12.1. The zero-order chi connectivity index (χ0) is 13.8. The second-order valence-corrected chi connectivity index (χ2v) is 6.25. The van der Waals surface area contributed by atoms with Crippen molar-refractivity contribution >= 4 is 51.8 Å². The van der Waals surface area contributed by atoms with Gasteiger partial charge in [0.25, 0.3) is 5.91 Å². The number of nitrogens with one attached hydrogen (secondary N) is 1. The van der Waals surface area contributed by atoms with E-state index in [9.17, 15) is 9.59 Å². The van der Waals surface area contributed by atoms with Crippen LogP contribution in [0.4, 0.5) is 5.69 Å². The molecule has 1 fully saturated rings. The first-order valence-corrected chi connectivity index (χ1v) is 7.33. The number of hydrogen-bond acceptors (Lipinski definition) is 5. The van der Waals surface area contributed by atoms with Crippen LogP contribution >= 0.6 is 35.1 Å². The molecule has 96 valence electrons. The van der Waals surface area contributed by atoms with Crippen LogP contribution in [0.1, 0.15) is 0 Å². The molecule has 7 heteroatoms. The summed E-state index contributed by atoms with van der Waals surface area (Å²) in [5.74, 6) is -0.228. The maximum atomic E-state index is 12.0. The van der Waals surface area contributed by atoms with E-state index >= 15 is 0 Å². The summed E-state index contributed by atoms with van der Waals surface area (Å²) in [6.07, 6.45) is 0.